The third-order valence-electron chi connectivity index (χ3n) is 2.33. The molecule has 2 heteroatoms. The molecule has 0 saturated carbocycles. The molecule has 0 unspecified atom stereocenters. The molecule has 0 aliphatic heterocycles. The van der Waals surface area contributed by atoms with Crippen LogP contribution < -0.4 is 0 Å². The second kappa shape index (κ2) is 2.77. The van der Waals surface area contributed by atoms with E-state index in [2.05, 4.69) is 28.2 Å². The Labute approximate surface area is 81.2 Å². The molecular formula is C12H8N2. The number of aromatic nitrogens is 2. The lowest BCUT2D eigenvalue weighted by atomic mass is 10.1. The van der Waals surface area contributed by atoms with Gasteiger partial charge in [0.05, 0.1) is 11.0 Å². The Bertz CT molecular complexity index is 497. The highest BCUT2D eigenvalue weighted by molar-refractivity contribution is 5.94. The molecule has 0 saturated heterocycles. The summed E-state index contributed by atoms with van der Waals surface area (Å²) < 4.78 is 0. The highest BCUT2D eigenvalue weighted by Gasteiger charge is 1.97. The van der Waals surface area contributed by atoms with Crippen molar-refractivity contribution in [1.82, 2.24) is 9.97 Å². The van der Waals surface area contributed by atoms with Crippen LogP contribution in [0.1, 0.15) is 0 Å². The van der Waals surface area contributed by atoms with Crippen molar-refractivity contribution in [3.63, 3.8) is 0 Å². The van der Waals surface area contributed by atoms with Gasteiger partial charge < -0.3 is 0 Å². The predicted molar refractivity (Wildman–Crippen MR) is 57.0 cm³/mol. The van der Waals surface area contributed by atoms with E-state index in [-0.39, 0.29) is 0 Å². The minimum Gasteiger partial charge on any atom is -0.256 e. The summed E-state index contributed by atoms with van der Waals surface area (Å²) >= 11 is 0. The summed E-state index contributed by atoms with van der Waals surface area (Å²) in [4.78, 5) is 8.58. The molecule has 2 aromatic heterocycles. The van der Waals surface area contributed by atoms with E-state index >= 15 is 0 Å². The molecule has 0 aliphatic rings. The summed E-state index contributed by atoms with van der Waals surface area (Å²) in [6.45, 7) is 0. The van der Waals surface area contributed by atoms with E-state index in [4.69, 9.17) is 0 Å². The van der Waals surface area contributed by atoms with Gasteiger partial charge in [-0.3, -0.25) is 9.97 Å². The standard InChI is InChI=1S/C12H8N2/c1-3-9-7-10-4-2-6-14-12(10)8-11(9)13-5-1/h1-8H. The fourth-order valence-corrected chi connectivity index (χ4v) is 1.64. The topological polar surface area (TPSA) is 25.8 Å². The second-order valence-corrected chi connectivity index (χ2v) is 3.24. The van der Waals surface area contributed by atoms with Crippen molar-refractivity contribution in [3.05, 3.63) is 48.8 Å². The van der Waals surface area contributed by atoms with E-state index in [0.717, 1.165) is 21.8 Å². The molecule has 0 spiro atoms. The molecule has 66 valence electrons. The zero-order valence-corrected chi connectivity index (χ0v) is 7.51. The van der Waals surface area contributed by atoms with Gasteiger partial charge in [-0.05, 0) is 24.3 Å². The lowest BCUT2D eigenvalue weighted by Crippen LogP contribution is -1.81. The maximum absolute atomic E-state index is 4.29. The highest BCUT2D eigenvalue weighted by atomic mass is 14.7. The Kier molecular flexibility index (Phi) is 1.47. The predicted octanol–water partition coefficient (Wildman–Crippen LogP) is 2.78. The van der Waals surface area contributed by atoms with Gasteiger partial charge in [0.15, 0.2) is 0 Å². The van der Waals surface area contributed by atoms with Crippen LogP contribution in [0.2, 0.25) is 0 Å². The quantitative estimate of drug-likeness (QED) is 0.497. The molecule has 0 N–H and O–H groups in total. The van der Waals surface area contributed by atoms with Gasteiger partial charge >= 0.3 is 0 Å². The lowest BCUT2D eigenvalue weighted by Gasteiger charge is -1.99. The van der Waals surface area contributed by atoms with Crippen LogP contribution in [-0.4, -0.2) is 9.97 Å². The van der Waals surface area contributed by atoms with E-state index in [9.17, 15) is 0 Å². The average molecular weight is 180 g/mol. The van der Waals surface area contributed by atoms with Crippen molar-refractivity contribution in [2.24, 2.45) is 0 Å². The monoisotopic (exact) mass is 180 g/mol. The molecule has 1 aromatic carbocycles. The summed E-state index contributed by atoms with van der Waals surface area (Å²) in [7, 11) is 0. The summed E-state index contributed by atoms with van der Waals surface area (Å²) in [5, 5.41) is 2.32. The highest BCUT2D eigenvalue weighted by Crippen LogP contribution is 2.18. The summed E-state index contributed by atoms with van der Waals surface area (Å²) in [5.74, 6) is 0. The smallest absolute Gasteiger partial charge is 0.0723 e. The number of nitrogens with zero attached hydrogens (tertiary/aromatic N) is 2. The van der Waals surface area contributed by atoms with Crippen molar-refractivity contribution in [3.8, 4) is 0 Å². The maximum Gasteiger partial charge on any atom is 0.0723 e. The molecule has 2 heterocycles. The summed E-state index contributed by atoms with van der Waals surface area (Å²) in [6.07, 6.45) is 3.61. The first kappa shape index (κ1) is 7.44. The van der Waals surface area contributed by atoms with Crippen LogP contribution in [0.15, 0.2) is 48.8 Å². The first-order valence-corrected chi connectivity index (χ1v) is 4.53. The number of hydrogen-bond acceptors (Lipinski definition) is 2. The van der Waals surface area contributed by atoms with E-state index in [0.29, 0.717) is 0 Å². The zero-order chi connectivity index (χ0) is 9.38. The molecule has 0 aliphatic carbocycles. The Balaban J connectivity index is 2.52. The number of hydrogen-bond donors (Lipinski definition) is 0. The summed E-state index contributed by atoms with van der Waals surface area (Å²) in [6, 6.07) is 12.2. The SMILES string of the molecule is c1cnc2cc3ncccc3cc2c1. The van der Waals surface area contributed by atoms with Crippen LogP contribution in [0, 0.1) is 0 Å². The number of fused-ring (bicyclic) bond motifs is 2. The Morgan fingerprint density at radius 3 is 1.86 bits per heavy atom. The third-order valence-corrected chi connectivity index (χ3v) is 2.33. The van der Waals surface area contributed by atoms with Crippen LogP contribution in [-0.2, 0) is 0 Å². The minimum absolute atomic E-state index is 0.999. The number of benzene rings is 1. The van der Waals surface area contributed by atoms with Crippen LogP contribution in [0.3, 0.4) is 0 Å². The van der Waals surface area contributed by atoms with Gasteiger partial charge in [0.2, 0.25) is 0 Å². The van der Waals surface area contributed by atoms with Gasteiger partial charge in [0, 0.05) is 23.2 Å². The van der Waals surface area contributed by atoms with Gasteiger partial charge in [-0.25, -0.2) is 0 Å². The Morgan fingerprint density at radius 1 is 0.714 bits per heavy atom. The number of rotatable bonds is 0. The first-order valence-electron chi connectivity index (χ1n) is 4.53. The fraction of sp³-hybridized carbons (Fsp3) is 0. The van der Waals surface area contributed by atoms with Gasteiger partial charge in [0.1, 0.15) is 0 Å². The molecule has 0 fully saturated rings. The molecular weight excluding hydrogens is 172 g/mol. The van der Waals surface area contributed by atoms with Gasteiger partial charge in [-0.15, -0.1) is 0 Å². The molecule has 0 radical (unpaired) electrons. The lowest BCUT2D eigenvalue weighted by molar-refractivity contribution is 1.39. The van der Waals surface area contributed by atoms with Gasteiger partial charge in [0.25, 0.3) is 0 Å². The molecule has 0 bridgehead atoms. The first-order chi connectivity index (χ1) is 6.93. The normalized spacial score (nSPS) is 10.9. The Morgan fingerprint density at radius 2 is 1.29 bits per heavy atom. The third kappa shape index (κ3) is 1.04. The van der Waals surface area contributed by atoms with Crippen LogP contribution in [0.4, 0.5) is 0 Å². The molecule has 2 nitrogen and oxygen atoms in total. The Hall–Kier alpha value is -1.96. The average Bonchev–Trinajstić information content (AvgIpc) is 2.26. The largest absolute Gasteiger partial charge is 0.256 e. The van der Waals surface area contributed by atoms with E-state index in [1.807, 2.05) is 18.2 Å². The van der Waals surface area contributed by atoms with Crippen molar-refractivity contribution in [2.75, 3.05) is 0 Å². The van der Waals surface area contributed by atoms with E-state index < -0.39 is 0 Å². The van der Waals surface area contributed by atoms with E-state index in [1.165, 1.54) is 0 Å². The molecule has 14 heavy (non-hydrogen) atoms. The summed E-state index contributed by atoms with van der Waals surface area (Å²) in [5.41, 5.74) is 2.00. The van der Waals surface area contributed by atoms with Crippen LogP contribution in [0.25, 0.3) is 21.8 Å². The second-order valence-electron chi connectivity index (χ2n) is 3.24. The van der Waals surface area contributed by atoms with Crippen molar-refractivity contribution in [2.45, 2.75) is 0 Å². The fourth-order valence-electron chi connectivity index (χ4n) is 1.64. The van der Waals surface area contributed by atoms with Crippen molar-refractivity contribution >= 4 is 21.8 Å². The number of pyridine rings is 2. The molecule has 3 rings (SSSR count). The maximum atomic E-state index is 4.29. The molecule has 0 amide bonds. The van der Waals surface area contributed by atoms with Gasteiger partial charge in [-0.2, -0.15) is 0 Å². The minimum atomic E-state index is 0.999. The molecule has 3 aromatic rings. The van der Waals surface area contributed by atoms with Crippen LogP contribution >= 0.6 is 0 Å². The van der Waals surface area contributed by atoms with E-state index in [1.54, 1.807) is 12.4 Å². The molecule has 0 atom stereocenters. The van der Waals surface area contributed by atoms with Crippen molar-refractivity contribution < 1.29 is 0 Å². The van der Waals surface area contributed by atoms with Crippen molar-refractivity contribution in [1.29, 1.82) is 0 Å². The zero-order valence-electron chi connectivity index (χ0n) is 7.51. The van der Waals surface area contributed by atoms with Gasteiger partial charge in [-0.1, -0.05) is 12.1 Å². The van der Waals surface area contributed by atoms with Crippen LogP contribution in [0.5, 0.6) is 0 Å².